The van der Waals surface area contributed by atoms with Gasteiger partial charge in [0.05, 0.1) is 0 Å². The Morgan fingerprint density at radius 3 is 2.33 bits per heavy atom. The highest BCUT2D eigenvalue weighted by molar-refractivity contribution is 6.05. The van der Waals surface area contributed by atoms with Crippen molar-refractivity contribution in [3.63, 3.8) is 0 Å². The number of aromatic hydroxyl groups is 1. The lowest BCUT2D eigenvalue weighted by Crippen LogP contribution is -2.15. The van der Waals surface area contributed by atoms with E-state index in [0.29, 0.717) is 11.3 Å². The van der Waals surface area contributed by atoms with Crippen LogP contribution in [0.5, 0.6) is 5.75 Å². The Hall–Kier alpha value is -2.49. The average Bonchev–Trinajstić information content (AvgIpc) is 2.41. The zero-order valence-electron chi connectivity index (χ0n) is 12.8. The molecule has 0 radical (unpaired) electrons. The monoisotopic (exact) mass is 284 g/mol. The first-order chi connectivity index (χ1) is 9.88. The highest BCUT2D eigenvalue weighted by Crippen LogP contribution is 2.22. The first-order valence-corrected chi connectivity index (χ1v) is 6.77. The first kappa shape index (κ1) is 14.9. The van der Waals surface area contributed by atoms with E-state index in [2.05, 4.69) is 5.32 Å². The van der Waals surface area contributed by atoms with Crippen LogP contribution in [0, 0.1) is 13.8 Å². The van der Waals surface area contributed by atoms with Crippen molar-refractivity contribution in [3.8, 4) is 5.75 Å². The van der Waals surface area contributed by atoms with E-state index >= 15 is 0 Å². The van der Waals surface area contributed by atoms with E-state index in [1.807, 2.05) is 51.0 Å². The van der Waals surface area contributed by atoms with Crippen LogP contribution in [-0.2, 0) is 0 Å². The van der Waals surface area contributed by atoms with Crippen LogP contribution in [0.15, 0.2) is 36.4 Å². The fraction of sp³-hybridized carbons (Fsp3) is 0.235. The van der Waals surface area contributed by atoms with Crippen molar-refractivity contribution in [2.75, 3.05) is 24.3 Å². The molecule has 2 aromatic rings. The molecule has 110 valence electrons. The van der Waals surface area contributed by atoms with Crippen LogP contribution in [0.1, 0.15) is 21.5 Å². The van der Waals surface area contributed by atoms with Crippen molar-refractivity contribution in [2.24, 2.45) is 0 Å². The molecule has 2 aromatic carbocycles. The van der Waals surface area contributed by atoms with Gasteiger partial charge in [-0.3, -0.25) is 4.79 Å². The van der Waals surface area contributed by atoms with E-state index in [1.54, 1.807) is 18.2 Å². The predicted molar refractivity (Wildman–Crippen MR) is 86.3 cm³/mol. The van der Waals surface area contributed by atoms with Crippen molar-refractivity contribution in [1.29, 1.82) is 0 Å². The van der Waals surface area contributed by atoms with Crippen LogP contribution in [0.2, 0.25) is 0 Å². The molecule has 0 fully saturated rings. The summed E-state index contributed by atoms with van der Waals surface area (Å²) in [5.41, 5.74) is 4.28. The molecule has 0 atom stereocenters. The lowest BCUT2D eigenvalue weighted by molar-refractivity contribution is 0.102. The molecule has 0 aliphatic rings. The third-order valence-electron chi connectivity index (χ3n) is 3.40. The Morgan fingerprint density at radius 1 is 1.05 bits per heavy atom. The van der Waals surface area contributed by atoms with Crippen LogP contribution in [0.4, 0.5) is 11.4 Å². The fourth-order valence-electron chi connectivity index (χ4n) is 2.28. The lowest BCUT2D eigenvalue weighted by Gasteiger charge is -2.16. The summed E-state index contributed by atoms with van der Waals surface area (Å²) in [6, 6.07) is 10.5. The molecule has 0 saturated heterocycles. The summed E-state index contributed by atoms with van der Waals surface area (Å²) in [7, 11) is 3.95. The number of hydrogen-bond acceptors (Lipinski definition) is 3. The minimum Gasteiger partial charge on any atom is -0.508 e. The number of phenolic OH excluding ortho intramolecular Hbond substituents is 1. The van der Waals surface area contributed by atoms with Gasteiger partial charge < -0.3 is 15.3 Å². The molecular weight excluding hydrogens is 264 g/mol. The van der Waals surface area contributed by atoms with Crippen molar-refractivity contribution < 1.29 is 9.90 Å². The second-order valence-corrected chi connectivity index (χ2v) is 5.35. The maximum atomic E-state index is 12.3. The molecule has 2 N–H and O–H groups in total. The van der Waals surface area contributed by atoms with E-state index in [4.69, 9.17) is 0 Å². The number of carbonyl (C=O) groups excluding carboxylic acids is 1. The molecule has 0 spiro atoms. The number of aryl methyl sites for hydroxylation is 2. The molecule has 4 heteroatoms. The highest BCUT2D eigenvalue weighted by Gasteiger charge is 2.10. The number of phenols is 1. The van der Waals surface area contributed by atoms with Crippen LogP contribution in [0.3, 0.4) is 0 Å². The number of anilines is 2. The summed E-state index contributed by atoms with van der Waals surface area (Å²) in [6.45, 7) is 3.83. The number of nitrogens with one attached hydrogen (secondary N) is 1. The third kappa shape index (κ3) is 3.34. The van der Waals surface area contributed by atoms with Crippen LogP contribution < -0.4 is 10.2 Å². The smallest absolute Gasteiger partial charge is 0.255 e. The van der Waals surface area contributed by atoms with Gasteiger partial charge in [-0.15, -0.1) is 0 Å². The van der Waals surface area contributed by atoms with E-state index < -0.39 is 0 Å². The highest BCUT2D eigenvalue weighted by atomic mass is 16.3. The standard InChI is InChI=1S/C17H20N2O2/c1-11-10-14(20)6-7-15(11)18-17(21)13-5-8-16(19(3)4)12(2)9-13/h5-10,20H,1-4H3,(H,18,21). The average molecular weight is 284 g/mol. The van der Waals surface area contributed by atoms with Crippen LogP contribution in [0.25, 0.3) is 0 Å². The summed E-state index contributed by atoms with van der Waals surface area (Å²) in [4.78, 5) is 14.3. The maximum Gasteiger partial charge on any atom is 0.255 e. The predicted octanol–water partition coefficient (Wildman–Crippen LogP) is 3.33. The van der Waals surface area contributed by atoms with Gasteiger partial charge in [0, 0.05) is 31.0 Å². The van der Waals surface area contributed by atoms with Gasteiger partial charge in [0.1, 0.15) is 5.75 Å². The normalized spacial score (nSPS) is 10.3. The van der Waals surface area contributed by atoms with Crippen molar-refractivity contribution in [3.05, 3.63) is 53.1 Å². The summed E-state index contributed by atoms with van der Waals surface area (Å²) in [5.74, 6) is 0.0360. The molecule has 0 bridgehead atoms. The molecule has 0 aliphatic heterocycles. The third-order valence-corrected chi connectivity index (χ3v) is 3.40. The quantitative estimate of drug-likeness (QED) is 0.850. The molecule has 0 heterocycles. The Morgan fingerprint density at radius 2 is 1.76 bits per heavy atom. The van der Waals surface area contributed by atoms with Gasteiger partial charge in [0.2, 0.25) is 0 Å². The molecule has 2 rings (SSSR count). The summed E-state index contributed by atoms with van der Waals surface area (Å²) < 4.78 is 0. The van der Waals surface area contributed by atoms with Gasteiger partial charge in [-0.25, -0.2) is 0 Å². The van der Waals surface area contributed by atoms with E-state index in [-0.39, 0.29) is 11.7 Å². The van der Waals surface area contributed by atoms with Gasteiger partial charge in [0.25, 0.3) is 5.91 Å². The molecule has 0 saturated carbocycles. The fourth-order valence-corrected chi connectivity index (χ4v) is 2.28. The minimum atomic E-state index is -0.155. The van der Waals surface area contributed by atoms with Crippen molar-refractivity contribution >= 4 is 17.3 Å². The van der Waals surface area contributed by atoms with E-state index in [1.165, 1.54) is 0 Å². The van der Waals surface area contributed by atoms with Gasteiger partial charge in [-0.2, -0.15) is 0 Å². The van der Waals surface area contributed by atoms with Crippen LogP contribution in [-0.4, -0.2) is 25.1 Å². The topological polar surface area (TPSA) is 52.6 Å². The molecule has 0 unspecified atom stereocenters. The first-order valence-electron chi connectivity index (χ1n) is 6.77. The van der Waals surface area contributed by atoms with Gasteiger partial charge in [-0.1, -0.05) is 0 Å². The number of rotatable bonds is 3. The Kier molecular flexibility index (Phi) is 4.17. The van der Waals surface area contributed by atoms with Gasteiger partial charge in [-0.05, 0) is 61.4 Å². The lowest BCUT2D eigenvalue weighted by atomic mass is 10.1. The van der Waals surface area contributed by atoms with Crippen molar-refractivity contribution in [2.45, 2.75) is 13.8 Å². The maximum absolute atomic E-state index is 12.3. The Labute approximate surface area is 125 Å². The van der Waals surface area contributed by atoms with Gasteiger partial charge >= 0.3 is 0 Å². The molecule has 0 aliphatic carbocycles. The zero-order valence-corrected chi connectivity index (χ0v) is 12.8. The van der Waals surface area contributed by atoms with Gasteiger partial charge in [0.15, 0.2) is 0 Å². The number of carbonyl (C=O) groups is 1. The molecular formula is C17H20N2O2. The zero-order chi connectivity index (χ0) is 15.6. The number of benzene rings is 2. The van der Waals surface area contributed by atoms with Crippen LogP contribution >= 0.6 is 0 Å². The molecule has 21 heavy (non-hydrogen) atoms. The largest absolute Gasteiger partial charge is 0.508 e. The minimum absolute atomic E-state index is 0.155. The second-order valence-electron chi connectivity index (χ2n) is 5.35. The molecule has 4 nitrogen and oxygen atoms in total. The van der Waals surface area contributed by atoms with E-state index in [0.717, 1.165) is 16.8 Å². The summed E-state index contributed by atoms with van der Waals surface area (Å²) >= 11 is 0. The second kappa shape index (κ2) is 5.87. The van der Waals surface area contributed by atoms with Crippen molar-refractivity contribution in [1.82, 2.24) is 0 Å². The molecule has 0 aromatic heterocycles. The summed E-state index contributed by atoms with van der Waals surface area (Å²) in [6.07, 6.45) is 0. The number of nitrogens with zero attached hydrogens (tertiary/aromatic N) is 1. The number of hydrogen-bond donors (Lipinski definition) is 2. The molecule has 1 amide bonds. The van der Waals surface area contributed by atoms with E-state index in [9.17, 15) is 9.90 Å². The number of amides is 1. The Bertz CT molecular complexity index is 678. The SMILES string of the molecule is Cc1cc(O)ccc1NC(=O)c1ccc(N(C)C)c(C)c1. The Balaban J connectivity index is 2.22. The summed E-state index contributed by atoms with van der Waals surface area (Å²) in [5, 5.41) is 12.3.